The molecule has 17 heavy (non-hydrogen) atoms. The van der Waals surface area contributed by atoms with Crippen LogP contribution in [0.15, 0.2) is 18.2 Å². The van der Waals surface area contributed by atoms with E-state index < -0.39 is 23.6 Å². The van der Waals surface area contributed by atoms with Gasteiger partial charge in [0.05, 0.1) is 0 Å². The molecule has 0 heterocycles. The minimum atomic E-state index is -1.14. The molecule has 0 radical (unpaired) electrons. The Morgan fingerprint density at radius 2 is 1.94 bits per heavy atom. The van der Waals surface area contributed by atoms with Crippen molar-refractivity contribution in [1.82, 2.24) is 4.90 Å². The molecule has 0 saturated heterocycles. The van der Waals surface area contributed by atoms with Crippen LogP contribution in [-0.2, 0) is 4.79 Å². The van der Waals surface area contributed by atoms with Gasteiger partial charge in [0.1, 0.15) is 17.7 Å². The van der Waals surface area contributed by atoms with Gasteiger partial charge in [-0.05, 0) is 19.2 Å². The predicted molar refractivity (Wildman–Crippen MR) is 59.7 cm³/mol. The lowest BCUT2D eigenvalue weighted by Crippen LogP contribution is -2.34. The summed E-state index contributed by atoms with van der Waals surface area (Å²) in [6.07, 6.45) is 0. The van der Waals surface area contributed by atoms with Crippen LogP contribution in [0.5, 0.6) is 0 Å². The Morgan fingerprint density at radius 3 is 2.35 bits per heavy atom. The van der Waals surface area contributed by atoms with Crippen molar-refractivity contribution in [1.29, 1.82) is 0 Å². The highest BCUT2D eigenvalue weighted by molar-refractivity contribution is 5.75. The van der Waals surface area contributed by atoms with Crippen molar-refractivity contribution in [3.8, 4) is 0 Å². The Hall–Kier alpha value is -1.49. The Balaban J connectivity index is 3.18. The van der Waals surface area contributed by atoms with Crippen LogP contribution in [0.1, 0.15) is 25.5 Å². The maximum atomic E-state index is 13.6. The number of carboxylic acid groups (broad SMARTS) is 1. The molecule has 1 N–H and O–H groups in total. The molecule has 3 nitrogen and oxygen atoms in total. The Morgan fingerprint density at radius 1 is 1.35 bits per heavy atom. The van der Waals surface area contributed by atoms with Gasteiger partial charge < -0.3 is 5.11 Å². The molecule has 0 aliphatic heterocycles. The predicted octanol–water partition coefficient (Wildman–Crippen LogP) is 2.43. The highest BCUT2D eigenvalue weighted by atomic mass is 19.1. The zero-order valence-electron chi connectivity index (χ0n) is 9.78. The number of likely N-dealkylation sites (N-methyl/N-ethyl adjacent to an activating group) is 1. The number of rotatable bonds is 5. The molecule has 1 unspecified atom stereocenters. The summed E-state index contributed by atoms with van der Waals surface area (Å²) >= 11 is 0. The second kappa shape index (κ2) is 5.72. The van der Waals surface area contributed by atoms with Gasteiger partial charge in [-0.3, -0.25) is 9.69 Å². The van der Waals surface area contributed by atoms with E-state index in [2.05, 4.69) is 0 Å². The standard InChI is InChI=1S/C12H15F2NO2/c1-3-15(4-2)11(12(16)17)9-6-5-8(13)7-10(9)14/h5-7,11H,3-4H2,1-2H3,(H,16,17). The lowest BCUT2D eigenvalue weighted by atomic mass is 10.0. The molecule has 1 aromatic rings. The minimum Gasteiger partial charge on any atom is -0.480 e. The highest BCUT2D eigenvalue weighted by Crippen LogP contribution is 2.24. The van der Waals surface area contributed by atoms with E-state index in [1.165, 1.54) is 6.07 Å². The molecule has 0 amide bonds. The fraction of sp³-hybridized carbons (Fsp3) is 0.417. The third-order valence-electron chi connectivity index (χ3n) is 2.67. The van der Waals surface area contributed by atoms with E-state index in [9.17, 15) is 13.6 Å². The summed E-state index contributed by atoms with van der Waals surface area (Å²) in [5.41, 5.74) is -0.0115. The van der Waals surface area contributed by atoms with Gasteiger partial charge in [0.15, 0.2) is 0 Å². The molecule has 1 rings (SSSR count). The number of nitrogens with zero attached hydrogens (tertiary/aromatic N) is 1. The summed E-state index contributed by atoms with van der Waals surface area (Å²) in [6, 6.07) is 1.87. The van der Waals surface area contributed by atoms with Crippen LogP contribution in [-0.4, -0.2) is 29.1 Å². The first-order valence-corrected chi connectivity index (χ1v) is 5.43. The molecule has 0 fully saturated rings. The second-order valence-corrected chi connectivity index (χ2v) is 3.63. The molecule has 0 aliphatic rings. The maximum absolute atomic E-state index is 13.6. The van der Waals surface area contributed by atoms with Gasteiger partial charge in [0.2, 0.25) is 0 Å². The number of carbonyl (C=O) groups is 1. The van der Waals surface area contributed by atoms with Gasteiger partial charge in [0, 0.05) is 11.6 Å². The Bertz CT molecular complexity index is 405. The molecule has 94 valence electrons. The van der Waals surface area contributed by atoms with E-state index >= 15 is 0 Å². The monoisotopic (exact) mass is 243 g/mol. The van der Waals surface area contributed by atoms with Gasteiger partial charge in [-0.15, -0.1) is 0 Å². The third-order valence-corrected chi connectivity index (χ3v) is 2.67. The van der Waals surface area contributed by atoms with Crippen molar-refractivity contribution in [2.24, 2.45) is 0 Å². The average Bonchev–Trinajstić information content (AvgIpc) is 2.26. The first-order valence-electron chi connectivity index (χ1n) is 5.43. The van der Waals surface area contributed by atoms with Crippen molar-refractivity contribution < 1.29 is 18.7 Å². The van der Waals surface area contributed by atoms with Crippen LogP contribution in [0.2, 0.25) is 0 Å². The molecule has 0 bridgehead atoms. The summed E-state index contributed by atoms with van der Waals surface area (Å²) < 4.78 is 26.3. The van der Waals surface area contributed by atoms with E-state index in [-0.39, 0.29) is 5.56 Å². The number of carboxylic acids is 1. The van der Waals surface area contributed by atoms with Crippen LogP contribution < -0.4 is 0 Å². The summed E-state index contributed by atoms with van der Waals surface area (Å²) in [5.74, 6) is -2.68. The first-order chi connectivity index (χ1) is 8.01. The Labute approximate surface area is 98.7 Å². The molecule has 0 aliphatic carbocycles. The molecule has 0 spiro atoms. The fourth-order valence-electron chi connectivity index (χ4n) is 1.80. The van der Waals surface area contributed by atoms with Crippen LogP contribution in [0.25, 0.3) is 0 Å². The van der Waals surface area contributed by atoms with Crippen LogP contribution in [0.3, 0.4) is 0 Å². The maximum Gasteiger partial charge on any atom is 0.325 e. The molecule has 1 atom stereocenters. The lowest BCUT2D eigenvalue weighted by molar-refractivity contribution is -0.143. The van der Waals surface area contributed by atoms with Crippen molar-refractivity contribution in [3.63, 3.8) is 0 Å². The number of aliphatic carboxylic acids is 1. The zero-order chi connectivity index (χ0) is 13.0. The molecular formula is C12H15F2NO2. The average molecular weight is 243 g/mol. The third kappa shape index (κ3) is 3.00. The van der Waals surface area contributed by atoms with Crippen LogP contribution in [0, 0.1) is 11.6 Å². The number of hydrogen-bond donors (Lipinski definition) is 1. The molecule has 0 aromatic heterocycles. The quantitative estimate of drug-likeness (QED) is 0.863. The van der Waals surface area contributed by atoms with Crippen LogP contribution in [0.4, 0.5) is 8.78 Å². The zero-order valence-corrected chi connectivity index (χ0v) is 9.78. The van der Waals surface area contributed by atoms with Crippen molar-refractivity contribution >= 4 is 5.97 Å². The summed E-state index contributed by atoms with van der Waals surface area (Å²) in [7, 11) is 0. The number of halogens is 2. The van der Waals surface area contributed by atoms with Crippen molar-refractivity contribution in [3.05, 3.63) is 35.4 Å². The molecule has 5 heteroatoms. The largest absolute Gasteiger partial charge is 0.480 e. The highest BCUT2D eigenvalue weighted by Gasteiger charge is 2.28. The smallest absolute Gasteiger partial charge is 0.325 e. The van der Waals surface area contributed by atoms with Gasteiger partial charge in [-0.1, -0.05) is 19.9 Å². The topological polar surface area (TPSA) is 40.5 Å². The molecular weight excluding hydrogens is 228 g/mol. The summed E-state index contributed by atoms with van der Waals surface area (Å²) in [5, 5.41) is 9.15. The molecule has 1 aromatic carbocycles. The van der Waals surface area contributed by atoms with E-state index in [4.69, 9.17) is 5.11 Å². The van der Waals surface area contributed by atoms with Crippen LogP contribution >= 0.6 is 0 Å². The second-order valence-electron chi connectivity index (χ2n) is 3.63. The number of hydrogen-bond acceptors (Lipinski definition) is 2. The normalized spacial score (nSPS) is 12.8. The van der Waals surface area contributed by atoms with E-state index in [1.54, 1.807) is 18.7 Å². The molecule has 0 saturated carbocycles. The van der Waals surface area contributed by atoms with E-state index in [0.717, 1.165) is 6.07 Å². The van der Waals surface area contributed by atoms with Crippen molar-refractivity contribution in [2.45, 2.75) is 19.9 Å². The van der Waals surface area contributed by atoms with Gasteiger partial charge >= 0.3 is 5.97 Å². The lowest BCUT2D eigenvalue weighted by Gasteiger charge is -2.26. The minimum absolute atomic E-state index is 0.0115. The van der Waals surface area contributed by atoms with Crippen molar-refractivity contribution in [2.75, 3.05) is 13.1 Å². The number of benzene rings is 1. The van der Waals surface area contributed by atoms with E-state index in [0.29, 0.717) is 19.2 Å². The van der Waals surface area contributed by atoms with Gasteiger partial charge in [-0.25, -0.2) is 8.78 Å². The van der Waals surface area contributed by atoms with Gasteiger partial charge in [-0.2, -0.15) is 0 Å². The van der Waals surface area contributed by atoms with Gasteiger partial charge in [0.25, 0.3) is 0 Å². The fourth-order valence-corrected chi connectivity index (χ4v) is 1.80. The first kappa shape index (κ1) is 13.6. The summed E-state index contributed by atoms with van der Waals surface area (Å²) in [4.78, 5) is 12.8. The summed E-state index contributed by atoms with van der Waals surface area (Å²) in [6.45, 7) is 4.54. The SMILES string of the molecule is CCN(CC)C(C(=O)O)c1ccc(F)cc1F. The Kier molecular flexibility index (Phi) is 4.57. The van der Waals surface area contributed by atoms with E-state index in [1.807, 2.05) is 0 Å².